The van der Waals surface area contributed by atoms with Gasteiger partial charge in [0.2, 0.25) is 0 Å². The Morgan fingerprint density at radius 3 is 2.43 bits per heavy atom. The molecule has 0 unspecified atom stereocenters. The average molecular weight is 485 g/mol. The predicted molar refractivity (Wildman–Crippen MR) is 144 cm³/mol. The molecule has 0 aliphatic carbocycles. The highest BCUT2D eigenvalue weighted by Crippen LogP contribution is 2.43. The van der Waals surface area contributed by atoms with Crippen molar-refractivity contribution in [2.75, 3.05) is 30.5 Å². The second kappa shape index (κ2) is 9.80. The van der Waals surface area contributed by atoms with Gasteiger partial charge in [-0.3, -0.25) is 4.98 Å². The molecule has 3 heterocycles. The van der Waals surface area contributed by atoms with Crippen molar-refractivity contribution in [1.29, 1.82) is 0 Å². The number of aromatic nitrogens is 1. The van der Waals surface area contributed by atoms with Gasteiger partial charge in [-0.1, -0.05) is 6.07 Å². The van der Waals surface area contributed by atoms with E-state index in [-0.39, 0.29) is 12.1 Å². The van der Waals surface area contributed by atoms with E-state index < -0.39 is 0 Å². The Bertz CT molecular complexity index is 1290. The monoisotopic (exact) mass is 484 g/mol. The number of anilines is 2. The Morgan fingerprint density at radius 2 is 1.77 bits per heavy atom. The summed E-state index contributed by atoms with van der Waals surface area (Å²) in [7, 11) is 4.06. The van der Waals surface area contributed by atoms with E-state index >= 15 is 0 Å². The predicted octanol–water partition coefficient (Wildman–Crippen LogP) is 5.98. The summed E-state index contributed by atoms with van der Waals surface area (Å²) in [5, 5.41) is 4.12. The van der Waals surface area contributed by atoms with Crippen molar-refractivity contribution in [1.82, 2.24) is 10.3 Å². The Morgan fingerprint density at radius 1 is 1.00 bits per heavy atom. The smallest absolute Gasteiger partial charge is 0.174 e. The van der Waals surface area contributed by atoms with Gasteiger partial charge in [0.25, 0.3) is 0 Å². The minimum atomic E-state index is -0.195. The van der Waals surface area contributed by atoms with Crippen molar-refractivity contribution in [3.63, 3.8) is 0 Å². The number of benzene rings is 2. The minimum Gasteiger partial charge on any atom is -0.494 e. The van der Waals surface area contributed by atoms with Gasteiger partial charge in [0, 0.05) is 37.2 Å². The fourth-order valence-corrected chi connectivity index (χ4v) is 4.73. The Balaban J connectivity index is 1.53. The number of rotatable bonds is 7. The molecule has 178 valence electrons. The van der Waals surface area contributed by atoms with Crippen molar-refractivity contribution in [3.8, 4) is 17.1 Å². The van der Waals surface area contributed by atoms with Gasteiger partial charge in [0.05, 0.1) is 18.3 Å². The zero-order chi connectivity index (χ0) is 24.4. The summed E-state index contributed by atoms with van der Waals surface area (Å²) in [6.07, 6.45) is 1.80. The Hall–Kier alpha value is -3.84. The summed E-state index contributed by atoms with van der Waals surface area (Å²) in [5.74, 6) is 2.45. The van der Waals surface area contributed by atoms with Crippen LogP contribution in [0, 0.1) is 0 Å². The number of pyridine rings is 1. The molecule has 0 saturated carbocycles. The summed E-state index contributed by atoms with van der Waals surface area (Å²) in [6.45, 7) is 2.61. The lowest BCUT2D eigenvalue weighted by Crippen LogP contribution is -2.29. The van der Waals surface area contributed by atoms with E-state index in [1.165, 1.54) is 0 Å². The van der Waals surface area contributed by atoms with Crippen LogP contribution in [0.25, 0.3) is 11.3 Å². The molecule has 6 nitrogen and oxygen atoms in total. The topological polar surface area (TPSA) is 53.8 Å². The van der Waals surface area contributed by atoms with E-state index in [0.29, 0.717) is 11.7 Å². The highest BCUT2D eigenvalue weighted by Gasteiger charge is 2.42. The molecule has 2 aromatic heterocycles. The van der Waals surface area contributed by atoms with Crippen LogP contribution in [-0.4, -0.2) is 30.8 Å². The summed E-state index contributed by atoms with van der Waals surface area (Å²) in [6, 6.07) is 25.9. The second-order valence-electron chi connectivity index (χ2n) is 8.57. The van der Waals surface area contributed by atoms with E-state index in [0.717, 1.165) is 39.9 Å². The van der Waals surface area contributed by atoms with Crippen LogP contribution in [0.3, 0.4) is 0 Å². The lowest BCUT2D eigenvalue weighted by molar-refractivity contribution is 0.340. The highest BCUT2D eigenvalue weighted by molar-refractivity contribution is 7.80. The van der Waals surface area contributed by atoms with Crippen LogP contribution in [0.4, 0.5) is 11.4 Å². The standard InChI is InChI=1S/C28H28N4O2S/c1-4-33-22-14-8-19(9-15-22)24-16-17-25(34-24)27-26(23-7-5-6-18-29-23)30-28(35)32(27)21-12-10-20(11-13-21)31(2)3/h5-18,26-27H,4H2,1-3H3,(H,30,35)/t26-,27+/m1/s1. The summed E-state index contributed by atoms with van der Waals surface area (Å²) in [5.41, 5.74) is 4.02. The maximum absolute atomic E-state index is 6.45. The molecule has 5 rings (SSSR count). The summed E-state index contributed by atoms with van der Waals surface area (Å²) < 4.78 is 12.0. The number of thiocarbonyl (C=S) groups is 1. The first-order valence-corrected chi connectivity index (χ1v) is 12.1. The van der Waals surface area contributed by atoms with Gasteiger partial charge >= 0.3 is 0 Å². The molecule has 0 amide bonds. The number of ether oxygens (including phenoxy) is 1. The average Bonchev–Trinajstić information content (AvgIpc) is 3.50. The molecule has 2 atom stereocenters. The first-order valence-electron chi connectivity index (χ1n) is 11.7. The second-order valence-corrected chi connectivity index (χ2v) is 8.95. The first kappa shape index (κ1) is 22.9. The first-order chi connectivity index (χ1) is 17.0. The third kappa shape index (κ3) is 4.59. The van der Waals surface area contributed by atoms with Crippen LogP contribution in [0.5, 0.6) is 5.75 Å². The van der Waals surface area contributed by atoms with Gasteiger partial charge in [-0.15, -0.1) is 0 Å². The van der Waals surface area contributed by atoms with Crippen LogP contribution >= 0.6 is 12.2 Å². The van der Waals surface area contributed by atoms with Crippen LogP contribution in [0.15, 0.2) is 89.5 Å². The number of furan rings is 1. The largest absolute Gasteiger partial charge is 0.494 e. The number of hydrogen-bond acceptors (Lipinski definition) is 5. The maximum atomic E-state index is 6.45. The molecule has 1 fully saturated rings. The lowest BCUT2D eigenvalue weighted by atomic mass is 10.0. The molecule has 1 aliphatic heterocycles. The fourth-order valence-electron chi connectivity index (χ4n) is 4.38. The highest BCUT2D eigenvalue weighted by atomic mass is 32.1. The molecular weight excluding hydrogens is 456 g/mol. The van der Waals surface area contributed by atoms with Gasteiger partial charge in [-0.05, 0) is 91.9 Å². The van der Waals surface area contributed by atoms with Crippen LogP contribution < -0.4 is 19.9 Å². The molecule has 7 heteroatoms. The Labute approximate surface area is 211 Å². The van der Waals surface area contributed by atoms with E-state index in [2.05, 4.69) is 44.4 Å². The molecule has 35 heavy (non-hydrogen) atoms. The number of nitrogens with zero attached hydrogens (tertiary/aromatic N) is 3. The molecule has 0 bridgehead atoms. The van der Waals surface area contributed by atoms with E-state index in [1.54, 1.807) is 6.20 Å². The van der Waals surface area contributed by atoms with Gasteiger partial charge in [0.1, 0.15) is 23.3 Å². The van der Waals surface area contributed by atoms with Gasteiger partial charge in [0.15, 0.2) is 5.11 Å². The molecule has 1 aliphatic rings. The van der Waals surface area contributed by atoms with Crippen LogP contribution in [0.2, 0.25) is 0 Å². The zero-order valence-corrected chi connectivity index (χ0v) is 20.8. The van der Waals surface area contributed by atoms with Crippen molar-refractivity contribution >= 4 is 28.7 Å². The zero-order valence-electron chi connectivity index (χ0n) is 20.0. The third-order valence-electron chi connectivity index (χ3n) is 6.11. The number of hydrogen-bond donors (Lipinski definition) is 1. The fraction of sp³-hybridized carbons (Fsp3) is 0.214. The van der Waals surface area contributed by atoms with Gasteiger partial charge < -0.3 is 24.3 Å². The molecule has 4 aromatic rings. The summed E-state index contributed by atoms with van der Waals surface area (Å²) in [4.78, 5) is 8.81. The molecule has 1 saturated heterocycles. The Kier molecular flexibility index (Phi) is 6.42. The van der Waals surface area contributed by atoms with Crippen molar-refractivity contribution in [3.05, 3.63) is 96.5 Å². The quantitative estimate of drug-likeness (QED) is 0.324. The normalized spacial score (nSPS) is 17.3. The van der Waals surface area contributed by atoms with Crippen molar-refractivity contribution in [2.24, 2.45) is 0 Å². The third-order valence-corrected chi connectivity index (χ3v) is 6.43. The van der Waals surface area contributed by atoms with Crippen LogP contribution in [0.1, 0.15) is 30.5 Å². The minimum absolute atomic E-state index is 0.156. The molecular formula is C28H28N4O2S. The lowest BCUT2D eigenvalue weighted by Gasteiger charge is -2.26. The molecule has 2 aromatic carbocycles. The number of nitrogens with one attached hydrogen (secondary N) is 1. The van der Waals surface area contributed by atoms with Crippen molar-refractivity contribution in [2.45, 2.75) is 19.0 Å². The van der Waals surface area contributed by atoms with E-state index in [1.807, 2.05) is 75.6 Å². The van der Waals surface area contributed by atoms with Crippen LogP contribution in [-0.2, 0) is 0 Å². The van der Waals surface area contributed by atoms with Gasteiger partial charge in [-0.2, -0.15) is 0 Å². The summed E-state index contributed by atoms with van der Waals surface area (Å²) >= 11 is 5.82. The van der Waals surface area contributed by atoms with E-state index in [4.69, 9.17) is 21.4 Å². The SMILES string of the molecule is CCOc1ccc(-c2ccc([C@H]3[C@@H](c4ccccn4)NC(=S)N3c3ccc(N(C)C)cc3)o2)cc1. The molecule has 1 N–H and O–H groups in total. The maximum Gasteiger partial charge on any atom is 0.174 e. The molecule has 0 radical (unpaired) electrons. The van der Waals surface area contributed by atoms with Crippen molar-refractivity contribution < 1.29 is 9.15 Å². The molecule has 0 spiro atoms. The van der Waals surface area contributed by atoms with Gasteiger partial charge in [-0.25, -0.2) is 0 Å². The van der Waals surface area contributed by atoms with E-state index in [9.17, 15) is 0 Å².